The zero-order valence-electron chi connectivity index (χ0n) is 18.8. The Kier molecular flexibility index (Phi) is 4.73. The second kappa shape index (κ2) is 7.83. The molecule has 174 valence electrons. The van der Waals surface area contributed by atoms with E-state index in [1.165, 1.54) is 6.07 Å². The number of nitrogens with one attached hydrogen (secondary N) is 1. The smallest absolute Gasteiger partial charge is 0.308 e. The Bertz CT molecular complexity index is 1540. The average molecular weight is 468 g/mol. The number of rotatable bonds is 4. The number of nitrogens with two attached hydrogens (primary N) is 1. The molecule has 9 nitrogen and oxygen atoms in total. The normalized spacial score (nSPS) is 19.7. The molecular weight excluding hydrogens is 447 g/mol. The Morgan fingerprint density at radius 3 is 2.71 bits per heavy atom. The minimum atomic E-state index is -1.00. The fourth-order valence-electron chi connectivity index (χ4n) is 4.53. The Labute approximate surface area is 199 Å². The number of pyridine rings is 1. The van der Waals surface area contributed by atoms with Crippen LogP contribution in [0.3, 0.4) is 0 Å². The minimum Gasteiger partial charge on any atom is -0.617 e. The molecule has 3 N–H and O–H groups in total. The first-order valence-electron chi connectivity index (χ1n) is 11.0. The van der Waals surface area contributed by atoms with E-state index in [0.717, 1.165) is 33.8 Å². The van der Waals surface area contributed by atoms with Gasteiger partial charge in [-0.1, -0.05) is 30.3 Å². The standard InChI is InChI=1S/C25H21FN8O/c1-15-9-17(10-18-11-29-31-22(15)18)21-23(16-5-3-2-4-6-16)30-25(27)34(35)14-33(32-24(21)34)13-20-8-7-19(26)12-28-20/h2-12H,13-14H2,1H3,(H2,27,30)(H,29,31). The van der Waals surface area contributed by atoms with Crippen LogP contribution in [0.2, 0.25) is 0 Å². The summed E-state index contributed by atoms with van der Waals surface area (Å²) in [6.07, 6.45) is 2.89. The molecule has 6 rings (SSSR count). The number of benzene rings is 2. The number of hydrazone groups is 1. The number of aromatic amines is 1. The van der Waals surface area contributed by atoms with Gasteiger partial charge in [0.1, 0.15) is 5.82 Å². The summed E-state index contributed by atoms with van der Waals surface area (Å²) < 4.78 is 12.3. The predicted molar refractivity (Wildman–Crippen MR) is 131 cm³/mol. The van der Waals surface area contributed by atoms with Gasteiger partial charge in [0.05, 0.1) is 41.4 Å². The van der Waals surface area contributed by atoms with Gasteiger partial charge in [0, 0.05) is 10.9 Å². The maximum Gasteiger partial charge on any atom is 0.308 e. The lowest BCUT2D eigenvalue weighted by Crippen LogP contribution is -2.57. The van der Waals surface area contributed by atoms with Crippen LogP contribution in [0.5, 0.6) is 0 Å². The minimum absolute atomic E-state index is 0.0672. The van der Waals surface area contributed by atoms with Crippen molar-refractivity contribution in [3.63, 3.8) is 0 Å². The highest BCUT2D eigenvalue weighted by Gasteiger charge is 2.46. The number of H-pyrrole nitrogens is 1. The lowest BCUT2D eigenvalue weighted by molar-refractivity contribution is -0.695. The largest absolute Gasteiger partial charge is 0.617 e. The zero-order chi connectivity index (χ0) is 24.2. The average Bonchev–Trinajstić information content (AvgIpc) is 3.46. The molecule has 2 aliphatic rings. The van der Waals surface area contributed by atoms with Crippen LogP contribution in [-0.4, -0.2) is 43.3 Å². The molecular formula is C25H21FN8O. The van der Waals surface area contributed by atoms with Gasteiger partial charge in [-0.3, -0.25) is 10.1 Å². The van der Waals surface area contributed by atoms with Crippen LogP contribution in [0.15, 0.2) is 77.1 Å². The highest BCUT2D eigenvalue weighted by atomic mass is 19.1. The van der Waals surface area contributed by atoms with Crippen LogP contribution in [-0.2, 0) is 6.54 Å². The molecule has 4 heterocycles. The van der Waals surface area contributed by atoms with Crippen LogP contribution < -0.4 is 5.73 Å². The second-order valence-corrected chi connectivity index (χ2v) is 8.62. The summed E-state index contributed by atoms with van der Waals surface area (Å²) in [7, 11) is 0. The molecule has 0 saturated carbocycles. The van der Waals surface area contributed by atoms with Gasteiger partial charge in [-0.05, 0) is 42.3 Å². The SMILES string of the molecule is Cc1cc(C2=C(c3ccccc3)N=C(N)[N+]3([O-])CN(Cc4ccc(F)cn4)N=C23)cc2cn[nH]c12. The summed E-state index contributed by atoms with van der Waals surface area (Å²) >= 11 is 0. The van der Waals surface area contributed by atoms with Crippen molar-refractivity contribution in [1.29, 1.82) is 0 Å². The number of hydrogen-bond acceptors (Lipinski definition) is 7. The van der Waals surface area contributed by atoms with Crippen LogP contribution in [0.4, 0.5) is 4.39 Å². The molecule has 35 heavy (non-hydrogen) atoms. The number of hydroxylamine groups is 3. The van der Waals surface area contributed by atoms with E-state index in [1.807, 2.05) is 49.4 Å². The van der Waals surface area contributed by atoms with Crippen LogP contribution in [0.25, 0.3) is 22.2 Å². The summed E-state index contributed by atoms with van der Waals surface area (Å²) in [4.78, 5) is 8.71. The Balaban J connectivity index is 1.54. The number of aromatic nitrogens is 3. The zero-order valence-corrected chi connectivity index (χ0v) is 18.8. The summed E-state index contributed by atoms with van der Waals surface area (Å²) in [5, 5.41) is 28.5. The highest BCUT2D eigenvalue weighted by Crippen LogP contribution is 2.39. The topological polar surface area (TPSA) is 119 Å². The van der Waals surface area contributed by atoms with E-state index in [-0.39, 0.29) is 25.0 Å². The van der Waals surface area contributed by atoms with Crippen molar-refractivity contribution >= 4 is 34.0 Å². The molecule has 4 aromatic rings. The van der Waals surface area contributed by atoms with Crippen LogP contribution in [0, 0.1) is 17.9 Å². The molecule has 0 radical (unpaired) electrons. The van der Waals surface area contributed by atoms with Gasteiger partial charge in [-0.2, -0.15) is 10.1 Å². The van der Waals surface area contributed by atoms with Crippen molar-refractivity contribution in [2.45, 2.75) is 13.5 Å². The van der Waals surface area contributed by atoms with Gasteiger partial charge in [-0.25, -0.2) is 14.0 Å². The fourth-order valence-corrected chi connectivity index (χ4v) is 4.53. The maximum absolute atomic E-state index is 14.1. The van der Waals surface area contributed by atoms with Gasteiger partial charge in [0.2, 0.25) is 0 Å². The molecule has 0 aliphatic carbocycles. The second-order valence-electron chi connectivity index (χ2n) is 8.62. The van der Waals surface area contributed by atoms with E-state index in [9.17, 15) is 9.60 Å². The first-order chi connectivity index (χ1) is 16.9. The molecule has 0 amide bonds. The van der Waals surface area contributed by atoms with Crippen molar-refractivity contribution in [2.24, 2.45) is 15.8 Å². The number of nitrogens with zero attached hydrogens (tertiary/aromatic N) is 6. The van der Waals surface area contributed by atoms with E-state index < -0.39 is 10.5 Å². The third-order valence-corrected chi connectivity index (χ3v) is 6.21. The number of guanidine groups is 1. The van der Waals surface area contributed by atoms with Gasteiger partial charge >= 0.3 is 5.96 Å². The molecule has 0 bridgehead atoms. The van der Waals surface area contributed by atoms with Crippen molar-refractivity contribution in [2.75, 3.05) is 6.67 Å². The van der Waals surface area contributed by atoms with Crippen molar-refractivity contribution in [3.8, 4) is 0 Å². The number of aryl methyl sites for hydroxylation is 1. The summed E-state index contributed by atoms with van der Waals surface area (Å²) in [6.45, 7) is 2.14. The first-order valence-corrected chi connectivity index (χ1v) is 11.0. The van der Waals surface area contributed by atoms with E-state index in [0.29, 0.717) is 17.0 Å². The highest BCUT2D eigenvalue weighted by molar-refractivity contribution is 6.31. The van der Waals surface area contributed by atoms with Gasteiger partial charge in [-0.15, -0.1) is 5.10 Å². The van der Waals surface area contributed by atoms with Crippen molar-refractivity contribution in [1.82, 2.24) is 20.2 Å². The number of amidine groups is 1. The summed E-state index contributed by atoms with van der Waals surface area (Å²) in [6, 6.07) is 16.5. The molecule has 1 unspecified atom stereocenters. The fraction of sp³-hybridized carbons (Fsp3) is 0.120. The molecule has 2 aliphatic heterocycles. The first kappa shape index (κ1) is 21.1. The quantitative estimate of drug-likeness (QED) is 0.350. The number of quaternary nitrogens is 1. The molecule has 0 fully saturated rings. The van der Waals surface area contributed by atoms with E-state index in [4.69, 9.17) is 10.8 Å². The monoisotopic (exact) mass is 468 g/mol. The molecule has 0 saturated heterocycles. The Hall–Kier alpha value is -4.41. The van der Waals surface area contributed by atoms with Crippen LogP contribution >= 0.6 is 0 Å². The molecule has 2 aromatic carbocycles. The molecule has 2 aromatic heterocycles. The molecule has 1 atom stereocenters. The Morgan fingerprint density at radius 1 is 1.11 bits per heavy atom. The van der Waals surface area contributed by atoms with Crippen molar-refractivity contribution in [3.05, 3.63) is 100 Å². The number of fused-ring (bicyclic) bond motifs is 2. The van der Waals surface area contributed by atoms with Gasteiger partial charge < -0.3 is 10.9 Å². The lowest BCUT2D eigenvalue weighted by Gasteiger charge is -2.39. The van der Waals surface area contributed by atoms with Crippen molar-refractivity contribution < 1.29 is 9.04 Å². The lowest BCUT2D eigenvalue weighted by atomic mass is 9.94. The molecule has 10 heteroatoms. The third kappa shape index (κ3) is 3.47. The van der Waals surface area contributed by atoms with Gasteiger partial charge in [0.15, 0.2) is 6.67 Å². The van der Waals surface area contributed by atoms with Crippen LogP contribution in [0.1, 0.15) is 22.4 Å². The number of halogens is 1. The van der Waals surface area contributed by atoms with E-state index in [2.05, 4.69) is 20.2 Å². The number of aliphatic imine (C=N–C) groups is 1. The Morgan fingerprint density at radius 2 is 1.94 bits per heavy atom. The maximum atomic E-state index is 14.1. The summed E-state index contributed by atoms with van der Waals surface area (Å²) in [5.74, 6) is -0.270. The van der Waals surface area contributed by atoms with E-state index in [1.54, 1.807) is 17.3 Å². The summed E-state index contributed by atoms with van der Waals surface area (Å²) in [5.41, 5.74) is 11.6. The third-order valence-electron chi connectivity index (χ3n) is 6.21. The molecule has 0 spiro atoms. The predicted octanol–water partition coefficient (Wildman–Crippen LogP) is 3.70. The van der Waals surface area contributed by atoms with Gasteiger partial charge in [0.25, 0.3) is 5.84 Å². The van der Waals surface area contributed by atoms with E-state index >= 15 is 0 Å². The number of hydrogen-bond donors (Lipinski definition) is 2.